The predicted octanol–water partition coefficient (Wildman–Crippen LogP) is 2.82. The maximum absolute atomic E-state index is 15.1. The number of carbonyl (C=O) groups is 1. The van der Waals surface area contributed by atoms with Gasteiger partial charge in [-0.3, -0.25) is 9.88 Å². The normalized spacial score (nSPS) is 27.0. The third-order valence-electron chi connectivity index (χ3n) is 6.97. The molecule has 4 atom stereocenters. The number of benzene rings is 1. The van der Waals surface area contributed by atoms with Crippen molar-refractivity contribution in [2.24, 2.45) is 11.8 Å². The second-order valence-corrected chi connectivity index (χ2v) is 8.79. The molecule has 12 heteroatoms. The first-order valence-corrected chi connectivity index (χ1v) is 10.9. The Morgan fingerprint density at radius 2 is 2.00 bits per heavy atom. The maximum Gasteiger partial charge on any atom is 0.414 e. The van der Waals surface area contributed by atoms with Gasteiger partial charge in [0.1, 0.15) is 17.3 Å². The Labute approximate surface area is 196 Å². The second kappa shape index (κ2) is 7.78. The molecule has 35 heavy (non-hydrogen) atoms. The van der Waals surface area contributed by atoms with Gasteiger partial charge in [0.05, 0.1) is 55.5 Å². The van der Waals surface area contributed by atoms with Crippen LogP contribution in [-0.2, 0) is 21.4 Å². The first-order valence-electron chi connectivity index (χ1n) is 10.9. The van der Waals surface area contributed by atoms with Crippen LogP contribution in [0.1, 0.15) is 5.69 Å². The number of cyclic esters (lactones) is 1. The molecular formula is C23H17F3N6O3. The summed E-state index contributed by atoms with van der Waals surface area (Å²) in [6.07, 6.45) is 2.61. The summed E-state index contributed by atoms with van der Waals surface area (Å²) in [5.74, 6) is -3.80. The Bertz CT molecular complexity index is 1350. The van der Waals surface area contributed by atoms with Crippen molar-refractivity contribution in [2.45, 2.75) is 18.1 Å². The maximum atomic E-state index is 15.1. The number of fused-ring (bicyclic) bond motifs is 1. The molecule has 1 aliphatic carbocycles. The second-order valence-electron chi connectivity index (χ2n) is 8.79. The average molecular weight is 482 g/mol. The number of nitrogens with zero attached hydrogens (tertiary/aromatic N) is 6. The smallest absolute Gasteiger partial charge is 0.414 e. The van der Waals surface area contributed by atoms with E-state index >= 15 is 13.2 Å². The van der Waals surface area contributed by atoms with E-state index in [0.29, 0.717) is 18.9 Å². The summed E-state index contributed by atoms with van der Waals surface area (Å²) in [6, 6.07) is 6.02. The number of halogens is 3. The molecule has 3 fully saturated rings. The molecular weight excluding hydrogens is 465 g/mol. The first kappa shape index (κ1) is 21.5. The fraction of sp³-hybridized carbons (Fsp3) is 0.348. The SMILES string of the molecule is N#CC1(c2ccc(-c3c(F)cc(N4C[C@H](Cn5ccnn5)OC4=O)c(F)c3F)cn2)[C@@H]2COC[C@@H]21. The van der Waals surface area contributed by atoms with Crippen LogP contribution in [-0.4, -0.2) is 51.9 Å². The number of aromatic nitrogens is 4. The summed E-state index contributed by atoms with van der Waals surface area (Å²) < 4.78 is 57.2. The third-order valence-corrected chi connectivity index (χ3v) is 6.97. The number of nitriles is 1. The van der Waals surface area contributed by atoms with Crippen LogP contribution in [0.3, 0.4) is 0 Å². The van der Waals surface area contributed by atoms with E-state index in [1.807, 2.05) is 0 Å². The minimum atomic E-state index is -1.45. The van der Waals surface area contributed by atoms with Crippen LogP contribution in [0.25, 0.3) is 11.1 Å². The van der Waals surface area contributed by atoms with Gasteiger partial charge in [-0.05, 0) is 6.07 Å². The van der Waals surface area contributed by atoms with Crippen molar-refractivity contribution in [3.05, 3.63) is 59.9 Å². The quantitative estimate of drug-likeness (QED) is 0.515. The molecule has 1 unspecified atom stereocenters. The highest BCUT2D eigenvalue weighted by molar-refractivity contribution is 5.90. The van der Waals surface area contributed by atoms with Gasteiger partial charge >= 0.3 is 6.09 Å². The summed E-state index contributed by atoms with van der Waals surface area (Å²) in [5, 5.41) is 17.1. The lowest BCUT2D eigenvalue weighted by Gasteiger charge is -2.17. The Hall–Kier alpha value is -3.98. The van der Waals surface area contributed by atoms with Crippen molar-refractivity contribution in [3.8, 4) is 17.2 Å². The lowest BCUT2D eigenvalue weighted by molar-refractivity contribution is 0.129. The number of anilines is 1. The van der Waals surface area contributed by atoms with Gasteiger partial charge in [-0.15, -0.1) is 5.10 Å². The predicted molar refractivity (Wildman–Crippen MR) is 112 cm³/mol. The number of carbonyl (C=O) groups excluding carboxylic acids is 1. The zero-order chi connectivity index (χ0) is 24.3. The molecule has 0 N–H and O–H groups in total. The van der Waals surface area contributed by atoms with E-state index in [9.17, 15) is 10.1 Å². The topological polar surface area (TPSA) is 106 Å². The molecule has 0 radical (unpaired) electrons. The Balaban J connectivity index is 1.27. The number of ether oxygens (including phenoxy) is 2. The molecule has 1 aromatic carbocycles. The lowest BCUT2D eigenvalue weighted by atomic mass is 9.96. The number of hydrogen-bond acceptors (Lipinski definition) is 7. The van der Waals surface area contributed by atoms with E-state index in [4.69, 9.17) is 9.47 Å². The van der Waals surface area contributed by atoms with Crippen molar-refractivity contribution < 1.29 is 27.4 Å². The molecule has 0 spiro atoms. The first-order chi connectivity index (χ1) is 16.9. The highest BCUT2D eigenvalue weighted by Crippen LogP contribution is 2.62. The van der Waals surface area contributed by atoms with Crippen LogP contribution >= 0.6 is 0 Å². The number of hydrogen-bond donors (Lipinski definition) is 0. The average Bonchev–Trinajstić information content (AvgIpc) is 3.37. The third kappa shape index (κ3) is 3.19. The van der Waals surface area contributed by atoms with Crippen LogP contribution in [0.4, 0.5) is 23.7 Å². The molecule has 1 amide bonds. The summed E-state index contributed by atoms with van der Waals surface area (Å²) in [6.45, 7) is 0.974. The molecule has 9 nitrogen and oxygen atoms in total. The van der Waals surface area contributed by atoms with Gasteiger partial charge in [0.15, 0.2) is 11.6 Å². The molecule has 0 bridgehead atoms. The number of rotatable bonds is 5. The Morgan fingerprint density at radius 1 is 1.20 bits per heavy atom. The molecule has 2 aromatic heterocycles. The van der Waals surface area contributed by atoms with Crippen molar-refractivity contribution >= 4 is 11.8 Å². The molecule has 3 aromatic rings. The van der Waals surface area contributed by atoms with Crippen LogP contribution in [0.2, 0.25) is 0 Å². The van der Waals surface area contributed by atoms with Crippen LogP contribution in [0.5, 0.6) is 0 Å². The molecule has 3 aliphatic rings. The monoisotopic (exact) mass is 482 g/mol. The molecule has 1 saturated carbocycles. The zero-order valence-corrected chi connectivity index (χ0v) is 18.1. The lowest BCUT2D eigenvalue weighted by Crippen LogP contribution is -2.27. The molecule has 4 heterocycles. The molecule has 178 valence electrons. The van der Waals surface area contributed by atoms with E-state index in [-0.39, 0.29) is 30.5 Å². The standard InChI is InChI=1S/C23H17F3N6O3/c24-16-5-17(32-8-13(35-22(32)33)7-31-4-3-29-30-31)20(25)21(26)19(16)12-1-2-18(28-6-12)23(11-27)14-9-34-10-15(14)23/h1-6,13-15H,7-10H2/t13-,14-,15+,23?/m0/s1. The minimum absolute atomic E-state index is 0.0115. The highest BCUT2D eigenvalue weighted by atomic mass is 19.2. The van der Waals surface area contributed by atoms with E-state index in [2.05, 4.69) is 21.4 Å². The molecule has 6 rings (SSSR count). The van der Waals surface area contributed by atoms with Crippen LogP contribution in [0.15, 0.2) is 36.8 Å². The Morgan fingerprint density at radius 3 is 2.66 bits per heavy atom. The fourth-order valence-electron chi connectivity index (χ4n) is 5.14. The van der Waals surface area contributed by atoms with Gasteiger partial charge in [-0.2, -0.15) is 5.26 Å². The van der Waals surface area contributed by atoms with Gasteiger partial charge in [0, 0.05) is 35.9 Å². The molecule has 2 saturated heterocycles. The van der Waals surface area contributed by atoms with Gasteiger partial charge < -0.3 is 9.47 Å². The largest absolute Gasteiger partial charge is 0.442 e. The van der Waals surface area contributed by atoms with Gasteiger partial charge in [0.2, 0.25) is 0 Å². The van der Waals surface area contributed by atoms with E-state index in [0.717, 1.165) is 11.0 Å². The summed E-state index contributed by atoms with van der Waals surface area (Å²) in [5.41, 5.74) is -1.42. The minimum Gasteiger partial charge on any atom is -0.442 e. The Kier molecular flexibility index (Phi) is 4.79. The van der Waals surface area contributed by atoms with E-state index in [1.54, 1.807) is 6.20 Å². The van der Waals surface area contributed by atoms with Crippen molar-refractivity contribution in [1.29, 1.82) is 5.26 Å². The fourth-order valence-corrected chi connectivity index (χ4v) is 5.14. The van der Waals surface area contributed by atoms with Gasteiger partial charge in [-0.1, -0.05) is 11.3 Å². The van der Waals surface area contributed by atoms with Gasteiger partial charge in [0.25, 0.3) is 0 Å². The summed E-state index contributed by atoms with van der Waals surface area (Å²) in [4.78, 5) is 17.4. The van der Waals surface area contributed by atoms with Crippen molar-refractivity contribution in [2.75, 3.05) is 24.7 Å². The van der Waals surface area contributed by atoms with E-state index < -0.39 is 46.3 Å². The summed E-state index contributed by atoms with van der Waals surface area (Å²) >= 11 is 0. The van der Waals surface area contributed by atoms with Crippen molar-refractivity contribution in [1.82, 2.24) is 20.0 Å². The van der Waals surface area contributed by atoms with Crippen LogP contribution in [0, 0.1) is 40.6 Å². The summed E-state index contributed by atoms with van der Waals surface area (Å²) in [7, 11) is 0. The molecule has 2 aliphatic heterocycles. The van der Waals surface area contributed by atoms with E-state index in [1.165, 1.54) is 29.2 Å². The number of amides is 1. The zero-order valence-electron chi connectivity index (χ0n) is 18.1. The van der Waals surface area contributed by atoms with Crippen LogP contribution < -0.4 is 4.90 Å². The number of pyridine rings is 1. The highest BCUT2D eigenvalue weighted by Gasteiger charge is 2.70. The van der Waals surface area contributed by atoms with Gasteiger partial charge in [-0.25, -0.2) is 22.6 Å². The van der Waals surface area contributed by atoms with Crippen molar-refractivity contribution in [3.63, 3.8) is 0 Å².